The number of rotatable bonds is 7. The van der Waals surface area contributed by atoms with E-state index in [2.05, 4.69) is 51.7 Å². The summed E-state index contributed by atoms with van der Waals surface area (Å²) < 4.78 is 0. The number of benzene rings is 1. The molecular formula is C21H37Cl3N4O. The van der Waals surface area contributed by atoms with Gasteiger partial charge in [-0.05, 0) is 56.4 Å². The van der Waals surface area contributed by atoms with Crippen LogP contribution in [-0.2, 0) is 17.9 Å². The summed E-state index contributed by atoms with van der Waals surface area (Å²) in [5.41, 5.74) is 2.54. The molecule has 1 aromatic carbocycles. The highest BCUT2D eigenvalue weighted by Gasteiger charge is 2.15. The van der Waals surface area contributed by atoms with Crippen molar-refractivity contribution in [2.45, 2.75) is 38.8 Å². The summed E-state index contributed by atoms with van der Waals surface area (Å²) in [6, 6.07) is 8.71. The average Bonchev–Trinajstić information content (AvgIpc) is 2.68. The first-order chi connectivity index (χ1) is 12.7. The van der Waals surface area contributed by atoms with E-state index in [9.17, 15) is 4.79 Å². The molecular weight excluding hydrogens is 431 g/mol. The largest absolute Gasteiger partial charge is 0.352 e. The highest BCUT2D eigenvalue weighted by Crippen LogP contribution is 2.17. The normalized spacial score (nSPS) is 18.1. The summed E-state index contributed by atoms with van der Waals surface area (Å²) in [5, 5.41) is 6.45. The molecule has 1 amide bonds. The Balaban J connectivity index is 0.00000261. The van der Waals surface area contributed by atoms with Gasteiger partial charge in [0.05, 0.1) is 0 Å². The molecule has 2 aliphatic rings. The molecule has 0 atom stereocenters. The second-order valence-corrected chi connectivity index (χ2v) is 7.90. The fourth-order valence-corrected chi connectivity index (χ4v) is 3.82. The summed E-state index contributed by atoms with van der Waals surface area (Å²) in [6.45, 7) is 8.47. The number of halogens is 3. The molecule has 8 heteroatoms. The minimum atomic E-state index is 0. The molecule has 2 heterocycles. The number of amides is 1. The number of carbonyl (C=O) groups is 1. The lowest BCUT2D eigenvalue weighted by Gasteiger charge is -2.32. The van der Waals surface area contributed by atoms with Gasteiger partial charge in [-0.3, -0.25) is 9.69 Å². The summed E-state index contributed by atoms with van der Waals surface area (Å²) in [6.07, 6.45) is 4.10. The number of nitrogens with zero attached hydrogens (tertiary/aromatic N) is 2. The highest BCUT2D eigenvalue weighted by atomic mass is 35.5. The molecule has 2 fully saturated rings. The minimum absolute atomic E-state index is 0. The van der Waals surface area contributed by atoms with Crippen molar-refractivity contribution in [1.29, 1.82) is 0 Å². The lowest BCUT2D eigenvalue weighted by molar-refractivity contribution is -0.121. The average molecular weight is 468 g/mol. The Labute approximate surface area is 194 Å². The molecule has 0 radical (unpaired) electrons. The third-order valence-corrected chi connectivity index (χ3v) is 5.75. The Morgan fingerprint density at radius 1 is 1.00 bits per heavy atom. The van der Waals surface area contributed by atoms with Crippen molar-refractivity contribution in [3.05, 3.63) is 35.4 Å². The molecule has 2 N–H and O–H groups in total. The van der Waals surface area contributed by atoms with Gasteiger partial charge in [-0.1, -0.05) is 24.3 Å². The number of piperazine rings is 1. The van der Waals surface area contributed by atoms with Crippen molar-refractivity contribution in [1.82, 2.24) is 20.4 Å². The van der Waals surface area contributed by atoms with E-state index in [0.717, 1.165) is 58.2 Å². The van der Waals surface area contributed by atoms with Gasteiger partial charge in [0, 0.05) is 45.7 Å². The number of piperidine rings is 1. The Bertz CT molecular complexity index is 560. The van der Waals surface area contributed by atoms with Crippen LogP contribution in [0.3, 0.4) is 0 Å². The Kier molecular flexibility index (Phi) is 15.0. The van der Waals surface area contributed by atoms with Crippen LogP contribution in [-0.4, -0.2) is 62.0 Å². The van der Waals surface area contributed by atoms with E-state index in [1.54, 1.807) is 0 Å². The van der Waals surface area contributed by atoms with Gasteiger partial charge in [0.1, 0.15) is 0 Å². The van der Waals surface area contributed by atoms with Gasteiger partial charge >= 0.3 is 0 Å². The first-order valence-electron chi connectivity index (χ1n) is 10.1. The van der Waals surface area contributed by atoms with Crippen molar-refractivity contribution in [2.24, 2.45) is 5.92 Å². The third-order valence-electron chi connectivity index (χ3n) is 5.75. The monoisotopic (exact) mass is 466 g/mol. The number of carbonyl (C=O) groups excluding carboxylic acids is 1. The predicted molar refractivity (Wildman–Crippen MR) is 128 cm³/mol. The number of hydrogen-bond acceptors (Lipinski definition) is 4. The van der Waals surface area contributed by atoms with Crippen LogP contribution in [0.15, 0.2) is 24.3 Å². The van der Waals surface area contributed by atoms with Crippen LogP contribution < -0.4 is 10.6 Å². The number of hydrogen-bond donors (Lipinski definition) is 2. The Morgan fingerprint density at radius 2 is 1.59 bits per heavy atom. The molecule has 0 aromatic heterocycles. The minimum Gasteiger partial charge on any atom is -0.352 e. The van der Waals surface area contributed by atoms with E-state index in [-0.39, 0.29) is 43.1 Å². The summed E-state index contributed by atoms with van der Waals surface area (Å²) in [4.78, 5) is 17.0. The van der Waals surface area contributed by atoms with E-state index in [0.29, 0.717) is 13.0 Å². The number of likely N-dealkylation sites (N-methyl/N-ethyl adjacent to an activating group) is 1. The quantitative estimate of drug-likeness (QED) is 0.647. The maximum Gasteiger partial charge on any atom is 0.220 e. The zero-order valence-electron chi connectivity index (χ0n) is 17.4. The fourth-order valence-electron chi connectivity index (χ4n) is 3.82. The third kappa shape index (κ3) is 10.3. The molecule has 5 nitrogen and oxygen atoms in total. The van der Waals surface area contributed by atoms with Crippen molar-refractivity contribution < 1.29 is 4.79 Å². The van der Waals surface area contributed by atoms with Gasteiger partial charge in [0.25, 0.3) is 0 Å². The zero-order valence-corrected chi connectivity index (χ0v) is 19.8. The maximum atomic E-state index is 12.1. The zero-order chi connectivity index (χ0) is 18.2. The molecule has 0 saturated carbocycles. The lowest BCUT2D eigenvalue weighted by atomic mass is 9.93. The molecule has 0 spiro atoms. The van der Waals surface area contributed by atoms with E-state index in [1.165, 1.54) is 24.0 Å². The predicted octanol–water partition coefficient (Wildman–Crippen LogP) is 3.10. The Morgan fingerprint density at radius 3 is 2.21 bits per heavy atom. The molecule has 0 unspecified atom stereocenters. The van der Waals surface area contributed by atoms with Crippen LogP contribution >= 0.6 is 37.2 Å². The van der Waals surface area contributed by atoms with E-state index < -0.39 is 0 Å². The molecule has 2 saturated heterocycles. The Hall–Kier alpha value is -0.560. The van der Waals surface area contributed by atoms with Gasteiger partial charge in [0.2, 0.25) is 5.91 Å². The molecule has 2 aliphatic heterocycles. The topological polar surface area (TPSA) is 47.6 Å². The summed E-state index contributed by atoms with van der Waals surface area (Å²) >= 11 is 0. The van der Waals surface area contributed by atoms with Crippen LogP contribution in [0.1, 0.15) is 36.8 Å². The van der Waals surface area contributed by atoms with Crippen LogP contribution in [0.5, 0.6) is 0 Å². The van der Waals surface area contributed by atoms with Crippen LogP contribution in [0.4, 0.5) is 0 Å². The second-order valence-electron chi connectivity index (χ2n) is 7.90. The van der Waals surface area contributed by atoms with Crippen LogP contribution in [0, 0.1) is 5.92 Å². The molecule has 1 aromatic rings. The number of nitrogens with one attached hydrogen (secondary N) is 2. The van der Waals surface area contributed by atoms with Gasteiger partial charge in [-0.15, -0.1) is 37.2 Å². The highest BCUT2D eigenvalue weighted by molar-refractivity contribution is 5.86. The van der Waals surface area contributed by atoms with E-state index in [4.69, 9.17) is 0 Å². The molecule has 3 rings (SSSR count). The molecule has 0 bridgehead atoms. The van der Waals surface area contributed by atoms with Gasteiger partial charge in [-0.25, -0.2) is 0 Å². The van der Waals surface area contributed by atoms with Crippen LogP contribution in [0.2, 0.25) is 0 Å². The summed E-state index contributed by atoms with van der Waals surface area (Å²) in [7, 11) is 2.19. The van der Waals surface area contributed by atoms with Gasteiger partial charge in [-0.2, -0.15) is 0 Å². The van der Waals surface area contributed by atoms with Crippen LogP contribution in [0.25, 0.3) is 0 Å². The second kappa shape index (κ2) is 15.3. The summed E-state index contributed by atoms with van der Waals surface area (Å²) in [5.74, 6) is 0.904. The molecule has 29 heavy (non-hydrogen) atoms. The van der Waals surface area contributed by atoms with Crippen molar-refractivity contribution in [3.63, 3.8) is 0 Å². The fraction of sp³-hybridized carbons (Fsp3) is 0.667. The first kappa shape index (κ1) is 28.4. The van der Waals surface area contributed by atoms with Gasteiger partial charge < -0.3 is 15.5 Å². The van der Waals surface area contributed by atoms with E-state index in [1.807, 2.05) is 0 Å². The maximum absolute atomic E-state index is 12.1. The van der Waals surface area contributed by atoms with Crippen molar-refractivity contribution >= 4 is 43.1 Å². The molecule has 0 aliphatic carbocycles. The van der Waals surface area contributed by atoms with E-state index >= 15 is 0 Å². The SMILES string of the molecule is CN1CCN(Cc2ccc(CNC(=O)CCC3CCNCC3)cc2)CC1.Cl.Cl.Cl. The van der Waals surface area contributed by atoms with Gasteiger partial charge in [0.15, 0.2) is 0 Å². The smallest absolute Gasteiger partial charge is 0.220 e. The standard InChI is InChI=1S/C21H34N4O.3ClH/c1-24-12-14-25(15-13-24)17-20-4-2-19(3-5-20)16-23-21(26)7-6-18-8-10-22-11-9-18;;;/h2-5,18,22H,6-17H2,1H3,(H,23,26);3*1H. The van der Waals surface area contributed by atoms with Crippen molar-refractivity contribution in [2.75, 3.05) is 46.3 Å². The van der Waals surface area contributed by atoms with Crippen molar-refractivity contribution in [3.8, 4) is 0 Å². The first-order valence-corrected chi connectivity index (χ1v) is 10.1. The lowest BCUT2D eigenvalue weighted by Crippen LogP contribution is -2.43. The molecule has 168 valence electrons.